The first-order chi connectivity index (χ1) is 8.75. The Balaban J connectivity index is 0.00000180. The van der Waals surface area contributed by atoms with Gasteiger partial charge >= 0.3 is 0 Å². The Morgan fingerprint density at radius 3 is 2.63 bits per heavy atom. The fourth-order valence-corrected chi connectivity index (χ4v) is 3.46. The highest BCUT2D eigenvalue weighted by Gasteiger charge is 2.21. The first-order valence-electron chi connectivity index (χ1n) is 6.98. The lowest BCUT2D eigenvalue weighted by atomic mass is 10.1. The lowest BCUT2D eigenvalue weighted by molar-refractivity contribution is -0.129. The highest BCUT2D eigenvalue weighted by molar-refractivity contribution is 7.99. The summed E-state index contributed by atoms with van der Waals surface area (Å²) in [5, 5.41) is 0. The van der Waals surface area contributed by atoms with Crippen molar-refractivity contribution in [3.63, 3.8) is 0 Å². The molecular weight excluding hydrogens is 284 g/mol. The van der Waals surface area contributed by atoms with Crippen LogP contribution in [0.3, 0.4) is 0 Å². The monoisotopic (exact) mass is 308 g/mol. The van der Waals surface area contributed by atoms with Crippen LogP contribution in [0.5, 0.6) is 0 Å². The third-order valence-electron chi connectivity index (χ3n) is 3.70. The van der Waals surface area contributed by atoms with E-state index in [4.69, 9.17) is 10.5 Å². The molecule has 0 bridgehead atoms. The van der Waals surface area contributed by atoms with Crippen molar-refractivity contribution in [3.8, 4) is 0 Å². The summed E-state index contributed by atoms with van der Waals surface area (Å²) in [5.74, 6) is 1.82. The standard InChI is InChI=1S/C13H24N2O2S.ClH/c14-11-4-6-15(7-5-11)13(16)10-18-9-12-3-1-2-8-17-12;/h11-12H,1-10,14H2;1H. The lowest BCUT2D eigenvalue weighted by Gasteiger charge is -2.30. The number of ether oxygens (including phenoxy) is 1. The Kier molecular flexibility index (Phi) is 8.14. The van der Waals surface area contributed by atoms with Crippen LogP contribution in [0.25, 0.3) is 0 Å². The Bertz CT molecular complexity index is 267. The number of hydrogen-bond acceptors (Lipinski definition) is 4. The van der Waals surface area contributed by atoms with Crippen LogP contribution < -0.4 is 5.73 Å². The van der Waals surface area contributed by atoms with Crippen molar-refractivity contribution in [2.45, 2.75) is 44.2 Å². The molecule has 19 heavy (non-hydrogen) atoms. The number of halogens is 1. The molecule has 6 heteroatoms. The molecular formula is C13H25ClN2O2S. The van der Waals surface area contributed by atoms with Crippen LogP contribution in [-0.2, 0) is 9.53 Å². The van der Waals surface area contributed by atoms with Crippen LogP contribution in [0, 0.1) is 0 Å². The lowest BCUT2D eigenvalue weighted by Crippen LogP contribution is -2.43. The normalized spacial score (nSPS) is 24.9. The number of hydrogen-bond donors (Lipinski definition) is 1. The Morgan fingerprint density at radius 1 is 1.26 bits per heavy atom. The Morgan fingerprint density at radius 2 is 2.00 bits per heavy atom. The minimum absolute atomic E-state index is 0. The van der Waals surface area contributed by atoms with Gasteiger partial charge in [-0.25, -0.2) is 0 Å². The summed E-state index contributed by atoms with van der Waals surface area (Å²) < 4.78 is 5.66. The van der Waals surface area contributed by atoms with E-state index < -0.39 is 0 Å². The van der Waals surface area contributed by atoms with Gasteiger partial charge in [0, 0.05) is 31.5 Å². The molecule has 1 atom stereocenters. The number of piperidine rings is 1. The van der Waals surface area contributed by atoms with Gasteiger partial charge in [-0.3, -0.25) is 4.79 Å². The average Bonchev–Trinajstić information content (AvgIpc) is 2.40. The molecule has 1 unspecified atom stereocenters. The molecule has 0 aromatic rings. The van der Waals surface area contributed by atoms with E-state index in [1.165, 1.54) is 12.8 Å². The van der Waals surface area contributed by atoms with Gasteiger partial charge in [0.25, 0.3) is 0 Å². The fourth-order valence-electron chi connectivity index (χ4n) is 2.46. The minimum atomic E-state index is 0. The van der Waals surface area contributed by atoms with Gasteiger partial charge < -0.3 is 15.4 Å². The third kappa shape index (κ3) is 5.90. The van der Waals surface area contributed by atoms with Crippen LogP contribution in [0.4, 0.5) is 0 Å². The number of rotatable bonds is 4. The van der Waals surface area contributed by atoms with E-state index in [0.29, 0.717) is 11.9 Å². The van der Waals surface area contributed by atoms with Gasteiger partial charge in [-0.05, 0) is 32.1 Å². The van der Waals surface area contributed by atoms with Crippen molar-refractivity contribution in [3.05, 3.63) is 0 Å². The van der Waals surface area contributed by atoms with Crippen LogP contribution in [0.15, 0.2) is 0 Å². The van der Waals surface area contributed by atoms with Crippen molar-refractivity contribution >= 4 is 30.1 Å². The van der Waals surface area contributed by atoms with Crippen LogP contribution in [0.2, 0.25) is 0 Å². The van der Waals surface area contributed by atoms with E-state index in [1.807, 2.05) is 4.90 Å². The molecule has 2 aliphatic heterocycles. The molecule has 112 valence electrons. The second kappa shape index (κ2) is 9.06. The number of likely N-dealkylation sites (tertiary alicyclic amines) is 1. The summed E-state index contributed by atoms with van der Waals surface area (Å²) in [7, 11) is 0. The molecule has 4 nitrogen and oxygen atoms in total. The summed E-state index contributed by atoms with van der Waals surface area (Å²) >= 11 is 1.71. The summed E-state index contributed by atoms with van der Waals surface area (Å²) in [5.41, 5.74) is 5.84. The van der Waals surface area contributed by atoms with Gasteiger partial charge in [-0.1, -0.05) is 0 Å². The van der Waals surface area contributed by atoms with Crippen molar-refractivity contribution in [1.82, 2.24) is 4.90 Å². The molecule has 2 aliphatic rings. The number of nitrogens with zero attached hydrogens (tertiary/aromatic N) is 1. The predicted molar refractivity (Wildman–Crippen MR) is 82.0 cm³/mol. The largest absolute Gasteiger partial charge is 0.377 e. The zero-order valence-corrected chi connectivity index (χ0v) is 13.0. The molecule has 1 amide bonds. The molecule has 2 heterocycles. The highest BCUT2D eigenvalue weighted by atomic mass is 35.5. The second-order valence-corrected chi connectivity index (χ2v) is 6.25. The SMILES string of the molecule is Cl.NC1CCN(C(=O)CSCC2CCCCO2)CC1. The van der Waals surface area contributed by atoms with E-state index in [0.717, 1.165) is 44.7 Å². The average molecular weight is 309 g/mol. The van der Waals surface area contributed by atoms with Crippen molar-refractivity contribution in [2.24, 2.45) is 5.73 Å². The van der Waals surface area contributed by atoms with Gasteiger partial charge in [0.2, 0.25) is 5.91 Å². The summed E-state index contributed by atoms with van der Waals surface area (Å²) in [6, 6.07) is 0.289. The summed E-state index contributed by atoms with van der Waals surface area (Å²) in [6.07, 6.45) is 5.87. The maximum atomic E-state index is 12.0. The van der Waals surface area contributed by atoms with E-state index in [-0.39, 0.29) is 24.4 Å². The number of nitrogens with two attached hydrogens (primary N) is 1. The van der Waals surface area contributed by atoms with Crippen molar-refractivity contribution in [1.29, 1.82) is 0 Å². The smallest absolute Gasteiger partial charge is 0.232 e. The Hall–Kier alpha value is 0.0300. The second-order valence-electron chi connectivity index (χ2n) is 5.22. The summed E-state index contributed by atoms with van der Waals surface area (Å²) in [6.45, 7) is 2.56. The van der Waals surface area contributed by atoms with E-state index in [1.54, 1.807) is 11.8 Å². The van der Waals surface area contributed by atoms with Gasteiger partial charge in [0.05, 0.1) is 11.9 Å². The molecule has 2 fully saturated rings. The first-order valence-corrected chi connectivity index (χ1v) is 8.14. The number of amides is 1. The summed E-state index contributed by atoms with van der Waals surface area (Å²) in [4.78, 5) is 13.9. The van der Waals surface area contributed by atoms with Gasteiger partial charge in [-0.15, -0.1) is 24.2 Å². The molecule has 0 saturated carbocycles. The molecule has 0 aliphatic carbocycles. The quantitative estimate of drug-likeness (QED) is 0.858. The fraction of sp³-hybridized carbons (Fsp3) is 0.923. The zero-order chi connectivity index (χ0) is 12.8. The van der Waals surface area contributed by atoms with Gasteiger partial charge in [0.15, 0.2) is 0 Å². The molecule has 0 aromatic heterocycles. The molecule has 0 spiro atoms. The van der Waals surface area contributed by atoms with E-state index in [2.05, 4.69) is 0 Å². The molecule has 2 N–H and O–H groups in total. The van der Waals surface area contributed by atoms with E-state index >= 15 is 0 Å². The first kappa shape index (κ1) is 17.1. The van der Waals surface area contributed by atoms with Crippen LogP contribution >= 0.6 is 24.2 Å². The number of carbonyl (C=O) groups is 1. The van der Waals surface area contributed by atoms with E-state index in [9.17, 15) is 4.79 Å². The topological polar surface area (TPSA) is 55.6 Å². The molecule has 2 saturated heterocycles. The zero-order valence-electron chi connectivity index (χ0n) is 11.4. The van der Waals surface area contributed by atoms with Crippen LogP contribution in [-0.4, -0.2) is 54.2 Å². The van der Waals surface area contributed by atoms with Crippen molar-refractivity contribution < 1.29 is 9.53 Å². The maximum absolute atomic E-state index is 12.0. The molecule has 0 aromatic carbocycles. The third-order valence-corrected chi connectivity index (χ3v) is 4.75. The minimum Gasteiger partial charge on any atom is -0.377 e. The van der Waals surface area contributed by atoms with Crippen LogP contribution in [0.1, 0.15) is 32.1 Å². The highest BCUT2D eigenvalue weighted by Crippen LogP contribution is 2.18. The Labute approximate surface area is 126 Å². The molecule has 2 rings (SSSR count). The maximum Gasteiger partial charge on any atom is 0.232 e. The predicted octanol–water partition coefficient (Wildman–Crippen LogP) is 1.66. The van der Waals surface area contributed by atoms with Gasteiger partial charge in [0.1, 0.15) is 0 Å². The van der Waals surface area contributed by atoms with Crippen molar-refractivity contribution in [2.75, 3.05) is 31.2 Å². The van der Waals surface area contributed by atoms with Gasteiger partial charge in [-0.2, -0.15) is 0 Å². The number of carbonyl (C=O) groups excluding carboxylic acids is 1. The molecule has 0 radical (unpaired) electrons. The number of thioether (sulfide) groups is 1.